The van der Waals surface area contributed by atoms with Crippen LogP contribution in [-0.4, -0.2) is 52.0 Å². The van der Waals surface area contributed by atoms with Gasteiger partial charge in [0, 0.05) is 29.6 Å². The van der Waals surface area contributed by atoms with Crippen molar-refractivity contribution in [2.75, 3.05) is 20.1 Å². The number of halogens is 2. The molecule has 30 heavy (non-hydrogen) atoms. The van der Waals surface area contributed by atoms with Gasteiger partial charge in [-0.25, -0.2) is 0 Å². The van der Waals surface area contributed by atoms with E-state index >= 15 is 0 Å². The van der Waals surface area contributed by atoms with E-state index in [1.165, 1.54) is 19.3 Å². The minimum absolute atomic E-state index is 0.124. The minimum Gasteiger partial charge on any atom is -0.343 e. The Morgan fingerprint density at radius 1 is 1.17 bits per heavy atom. The van der Waals surface area contributed by atoms with E-state index in [1.54, 1.807) is 18.2 Å². The van der Waals surface area contributed by atoms with Crippen molar-refractivity contribution in [3.8, 4) is 11.4 Å². The summed E-state index contributed by atoms with van der Waals surface area (Å²) in [5.41, 5.74) is 0.700. The number of carbonyl (C=O) groups is 1. The zero-order chi connectivity index (χ0) is 21.1. The van der Waals surface area contributed by atoms with E-state index in [-0.39, 0.29) is 5.92 Å². The lowest BCUT2D eigenvalue weighted by Gasteiger charge is -2.36. The molecule has 0 spiro atoms. The van der Waals surface area contributed by atoms with Crippen LogP contribution in [0.2, 0.25) is 10.0 Å². The second-order valence-electron chi connectivity index (χ2n) is 8.43. The first kappa shape index (κ1) is 21.6. The predicted octanol–water partition coefficient (Wildman–Crippen LogP) is 5.05. The summed E-state index contributed by atoms with van der Waals surface area (Å²) in [5.74, 6) is 1.46. The number of carbonyl (C=O) groups excluding carboxylic acids is 1. The van der Waals surface area contributed by atoms with Gasteiger partial charge in [-0.05, 0) is 57.0 Å². The average molecular weight is 451 g/mol. The Morgan fingerprint density at radius 3 is 2.60 bits per heavy atom. The normalized spacial score (nSPS) is 19.2. The molecular weight excluding hydrogens is 423 g/mol. The molecule has 1 aliphatic heterocycles. The number of aromatic nitrogens is 2. The Morgan fingerprint density at radius 2 is 1.90 bits per heavy atom. The number of piperidine rings is 1. The summed E-state index contributed by atoms with van der Waals surface area (Å²) >= 11 is 12.2. The topological polar surface area (TPSA) is 62.5 Å². The van der Waals surface area contributed by atoms with Crippen LogP contribution >= 0.6 is 23.2 Å². The zero-order valence-corrected chi connectivity index (χ0v) is 18.8. The third-order valence-electron chi connectivity index (χ3n) is 6.41. The molecule has 1 aromatic carbocycles. The van der Waals surface area contributed by atoms with Crippen LogP contribution in [0.1, 0.15) is 50.8 Å². The summed E-state index contributed by atoms with van der Waals surface area (Å²) in [6.45, 7) is 2.29. The molecule has 0 bridgehead atoms. The van der Waals surface area contributed by atoms with Crippen LogP contribution in [0, 0.1) is 5.92 Å². The number of benzene rings is 1. The van der Waals surface area contributed by atoms with Crippen molar-refractivity contribution in [1.29, 1.82) is 0 Å². The molecule has 1 aromatic heterocycles. The van der Waals surface area contributed by atoms with E-state index in [1.807, 2.05) is 11.9 Å². The van der Waals surface area contributed by atoms with E-state index in [4.69, 9.17) is 27.7 Å². The molecule has 2 heterocycles. The second-order valence-corrected chi connectivity index (χ2v) is 9.27. The summed E-state index contributed by atoms with van der Waals surface area (Å²) in [6, 6.07) is 5.64. The molecule has 4 rings (SSSR count). The number of likely N-dealkylation sites (tertiary alicyclic amines) is 1. The van der Waals surface area contributed by atoms with Crippen LogP contribution in [0.3, 0.4) is 0 Å². The smallest absolute Gasteiger partial charge is 0.241 e. The number of amides is 1. The molecule has 2 aromatic rings. The van der Waals surface area contributed by atoms with Crippen molar-refractivity contribution in [3.05, 3.63) is 34.1 Å². The van der Waals surface area contributed by atoms with Gasteiger partial charge in [0.2, 0.25) is 17.6 Å². The molecule has 0 radical (unpaired) electrons. The van der Waals surface area contributed by atoms with Crippen molar-refractivity contribution in [2.24, 2.45) is 5.92 Å². The molecule has 162 valence electrons. The monoisotopic (exact) mass is 450 g/mol. The third kappa shape index (κ3) is 4.98. The van der Waals surface area contributed by atoms with Crippen LogP contribution in [0.15, 0.2) is 22.7 Å². The predicted molar refractivity (Wildman–Crippen MR) is 117 cm³/mol. The highest BCUT2D eigenvalue weighted by Gasteiger charge is 2.31. The van der Waals surface area contributed by atoms with Crippen LogP contribution in [0.4, 0.5) is 0 Å². The molecule has 2 aliphatic rings. The molecule has 1 aliphatic carbocycles. The molecule has 0 N–H and O–H groups in total. The van der Waals surface area contributed by atoms with Gasteiger partial charge in [-0.2, -0.15) is 4.98 Å². The maximum absolute atomic E-state index is 12.9. The minimum atomic E-state index is 0.124. The van der Waals surface area contributed by atoms with Gasteiger partial charge in [0.25, 0.3) is 0 Å². The van der Waals surface area contributed by atoms with Gasteiger partial charge in [0.1, 0.15) is 0 Å². The van der Waals surface area contributed by atoms with Crippen LogP contribution < -0.4 is 0 Å². The quantitative estimate of drug-likeness (QED) is 0.637. The van der Waals surface area contributed by atoms with Crippen molar-refractivity contribution < 1.29 is 9.32 Å². The van der Waals surface area contributed by atoms with Crippen LogP contribution in [0.5, 0.6) is 0 Å². The fourth-order valence-corrected chi connectivity index (χ4v) is 5.06. The fourth-order valence-electron chi connectivity index (χ4n) is 4.56. The van der Waals surface area contributed by atoms with Gasteiger partial charge >= 0.3 is 0 Å². The van der Waals surface area contributed by atoms with Gasteiger partial charge in [0.15, 0.2) is 0 Å². The van der Waals surface area contributed by atoms with Crippen LogP contribution in [-0.2, 0) is 11.3 Å². The van der Waals surface area contributed by atoms with E-state index in [2.05, 4.69) is 15.0 Å². The van der Waals surface area contributed by atoms with Crippen molar-refractivity contribution in [2.45, 2.75) is 57.5 Å². The molecular formula is C22H28Cl2N4O2. The summed E-state index contributed by atoms with van der Waals surface area (Å²) in [4.78, 5) is 21.7. The average Bonchev–Trinajstić information content (AvgIpc) is 3.22. The SMILES string of the molecule is CN(C(=O)C1CCN(Cc2nc(-c3ccc(Cl)cc3Cl)no2)CC1)C1CCCCC1. The fraction of sp³-hybridized carbons (Fsp3) is 0.591. The van der Waals surface area contributed by atoms with E-state index in [9.17, 15) is 4.79 Å². The Labute approximate surface area is 187 Å². The number of hydrogen-bond donors (Lipinski definition) is 0. The molecule has 0 atom stereocenters. The molecule has 8 heteroatoms. The lowest BCUT2D eigenvalue weighted by atomic mass is 9.91. The molecule has 2 fully saturated rings. The summed E-state index contributed by atoms with van der Waals surface area (Å²) in [5, 5.41) is 5.12. The Balaban J connectivity index is 1.30. The van der Waals surface area contributed by atoms with Gasteiger partial charge in [-0.3, -0.25) is 9.69 Å². The Kier molecular flexibility index (Phi) is 6.96. The summed E-state index contributed by atoms with van der Waals surface area (Å²) in [6.07, 6.45) is 7.84. The van der Waals surface area contributed by atoms with Crippen molar-refractivity contribution in [1.82, 2.24) is 19.9 Å². The maximum Gasteiger partial charge on any atom is 0.241 e. The first-order chi connectivity index (χ1) is 14.5. The largest absolute Gasteiger partial charge is 0.343 e. The van der Waals surface area contributed by atoms with Crippen molar-refractivity contribution >= 4 is 29.1 Å². The first-order valence-electron chi connectivity index (χ1n) is 10.8. The standard InChI is InChI=1S/C22H28Cl2N4O2/c1-27(17-5-3-2-4-6-17)22(29)15-9-11-28(12-10-15)14-20-25-21(26-30-20)18-8-7-16(23)13-19(18)24/h7-8,13,15,17H,2-6,9-12,14H2,1H3. The Bertz CT molecular complexity index is 874. The highest BCUT2D eigenvalue weighted by molar-refractivity contribution is 6.36. The van der Waals surface area contributed by atoms with Crippen LogP contribution in [0.25, 0.3) is 11.4 Å². The highest BCUT2D eigenvalue weighted by Crippen LogP contribution is 2.29. The lowest BCUT2D eigenvalue weighted by Crippen LogP contribution is -2.45. The maximum atomic E-state index is 12.9. The van der Waals surface area contributed by atoms with Crippen molar-refractivity contribution in [3.63, 3.8) is 0 Å². The molecule has 1 saturated heterocycles. The van der Waals surface area contributed by atoms with E-state index < -0.39 is 0 Å². The molecule has 0 unspecified atom stereocenters. The molecule has 1 amide bonds. The lowest BCUT2D eigenvalue weighted by molar-refractivity contribution is -0.138. The zero-order valence-electron chi connectivity index (χ0n) is 17.3. The van der Waals surface area contributed by atoms with Gasteiger partial charge < -0.3 is 9.42 Å². The first-order valence-corrected chi connectivity index (χ1v) is 11.5. The number of hydrogen-bond acceptors (Lipinski definition) is 5. The van der Waals surface area contributed by atoms with Gasteiger partial charge in [0.05, 0.1) is 11.6 Å². The highest BCUT2D eigenvalue weighted by atomic mass is 35.5. The van der Waals surface area contributed by atoms with Gasteiger partial charge in [-0.1, -0.05) is 47.6 Å². The molecule has 1 saturated carbocycles. The Hall–Kier alpha value is -1.63. The third-order valence-corrected chi connectivity index (χ3v) is 6.95. The summed E-state index contributed by atoms with van der Waals surface area (Å²) in [7, 11) is 1.99. The van der Waals surface area contributed by atoms with E-state index in [0.717, 1.165) is 38.8 Å². The summed E-state index contributed by atoms with van der Waals surface area (Å²) < 4.78 is 5.43. The number of rotatable bonds is 5. The van der Waals surface area contributed by atoms with Gasteiger partial charge in [-0.15, -0.1) is 0 Å². The second kappa shape index (κ2) is 9.67. The molecule has 6 nitrogen and oxygen atoms in total. The van der Waals surface area contributed by atoms with E-state index in [0.29, 0.717) is 45.8 Å². The number of nitrogens with zero attached hydrogens (tertiary/aromatic N) is 4.